The highest BCUT2D eigenvalue weighted by atomic mass is 19.1. The summed E-state index contributed by atoms with van der Waals surface area (Å²) in [6.45, 7) is 3.88. The number of halogens is 1. The lowest BCUT2D eigenvalue weighted by Gasteiger charge is -2.40. The normalized spacial score (nSPS) is 21.0. The van der Waals surface area contributed by atoms with Crippen molar-refractivity contribution in [1.29, 1.82) is 0 Å². The van der Waals surface area contributed by atoms with Crippen molar-refractivity contribution in [3.63, 3.8) is 0 Å². The zero-order valence-electron chi connectivity index (χ0n) is 16.0. The monoisotopic (exact) mass is 379 g/mol. The van der Waals surface area contributed by atoms with Crippen LogP contribution in [0.3, 0.4) is 0 Å². The van der Waals surface area contributed by atoms with Gasteiger partial charge in [0.15, 0.2) is 0 Å². The summed E-state index contributed by atoms with van der Waals surface area (Å²) in [4.78, 5) is 17.4. The number of carbonyl (C=O) groups is 1. The lowest BCUT2D eigenvalue weighted by molar-refractivity contribution is 0.161. The van der Waals surface area contributed by atoms with Crippen LogP contribution in [0.2, 0.25) is 0 Å². The zero-order chi connectivity index (χ0) is 19.1. The fraction of sp³-hybridized carbons (Fsp3) is 0.435. The SMILES string of the molecule is O=C(Nc1ccccc1)N1CC2(CCN(CC3CC3)CC2)c2cc(F)ccc21. The number of fused-ring (bicyclic) bond motifs is 2. The van der Waals surface area contributed by atoms with Crippen molar-refractivity contribution in [2.45, 2.75) is 31.1 Å². The minimum atomic E-state index is -0.219. The molecule has 1 saturated heterocycles. The summed E-state index contributed by atoms with van der Waals surface area (Å²) in [6.07, 6.45) is 4.68. The average Bonchev–Trinajstić information content (AvgIpc) is 3.47. The van der Waals surface area contributed by atoms with Gasteiger partial charge in [-0.3, -0.25) is 4.90 Å². The number of nitrogens with zero attached hydrogens (tertiary/aromatic N) is 2. The third kappa shape index (κ3) is 3.28. The Hall–Kier alpha value is -2.40. The fourth-order valence-corrected chi connectivity index (χ4v) is 4.79. The molecule has 28 heavy (non-hydrogen) atoms. The Morgan fingerprint density at radius 1 is 1.11 bits per heavy atom. The summed E-state index contributed by atoms with van der Waals surface area (Å²) in [7, 11) is 0. The van der Waals surface area contributed by atoms with Crippen molar-refractivity contribution in [3.8, 4) is 0 Å². The van der Waals surface area contributed by atoms with Gasteiger partial charge in [-0.15, -0.1) is 0 Å². The maximum absolute atomic E-state index is 14.1. The fourth-order valence-electron chi connectivity index (χ4n) is 4.79. The number of piperidine rings is 1. The van der Waals surface area contributed by atoms with Gasteiger partial charge in [-0.05, 0) is 80.6 Å². The van der Waals surface area contributed by atoms with Gasteiger partial charge in [-0.2, -0.15) is 0 Å². The first-order chi connectivity index (χ1) is 13.6. The first kappa shape index (κ1) is 17.7. The number of amides is 2. The van der Waals surface area contributed by atoms with Crippen LogP contribution in [-0.4, -0.2) is 37.1 Å². The van der Waals surface area contributed by atoms with Crippen molar-refractivity contribution in [3.05, 3.63) is 59.9 Å². The van der Waals surface area contributed by atoms with E-state index in [1.54, 1.807) is 17.0 Å². The summed E-state index contributed by atoms with van der Waals surface area (Å²) in [6, 6.07) is 14.2. The Morgan fingerprint density at radius 2 is 1.86 bits per heavy atom. The molecule has 2 amide bonds. The number of benzene rings is 2. The lowest BCUT2D eigenvalue weighted by Crippen LogP contribution is -2.47. The first-order valence-corrected chi connectivity index (χ1v) is 10.3. The van der Waals surface area contributed by atoms with Crippen LogP contribution in [0, 0.1) is 11.7 Å². The van der Waals surface area contributed by atoms with Gasteiger partial charge in [0.05, 0.1) is 0 Å². The van der Waals surface area contributed by atoms with Gasteiger partial charge in [-0.25, -0.2) is 9.18 Å². The van der Waals surface area contributed by atoms with E-state index in [2.05, 4.69) is 10.2 Å². The van der Waals surface area contributed by atoms with E-state index in [4.69, 9.17) is 0 Å². The molecule has 0 radical (unpaired) electrons. The topological polar surface area (TPSA) is 35.6 Å². The van der Waals surface area contributed by atoms with E-state index in [1.807, 2.05) is 30.3 Å². The van der Waals surface area contributed by atoms with E-state index in [-0.39, 0.29) is 17.3 Å². The Balaban J connectivity index is 1.38. The Labute approximate surface area is 165 Å². The molecule has 2 fully saturated rings. The number of carbonyl (C=O) groups excluding carboxylic acids is 1. The summed E-state index contributed by atoms with van der Waals surface area (Å²) in [5.41, 5.74) is 2.49. The van der Waals surface area contributed by atoms with Crippen molar-refractivity contribution >= 4 is 17.4 Å². The van der Waals surface area contributed by atoms with Crippen LogP contribution in [-0.2, 0) is 5.41 Å². The quantitative estimate of drug-likeness (QED) is 0.845. The zero-order valence-corrected chi connectivity index (χ0v) is 16.0. The number of para-hydroxylation sites is 1. The van der Waals surface area contributed by atoms with Gasteiger partial charge in [0.1, 0.15) is 5.82 Å². The molecule has 2 aromatic carbocycles. The summed E-state index contributed by atoms with van der Waals surface area (Å²) < 4.78 is 14.1. The molecule has 0 atom stereocenters. The largest absolute Gasteiger partial charge is 0.326 e. The number of rotatable bonds is 3. The number of likely N-dealkylation sites (tertiary alicyclic amines) is 1. The van der Waals surface area contributed by atoms with Gasteiger partial charge < -0.3 is 10.2 Å². The second-order valence-electron chi connectivity index (χ2n) is 8.57. The van der Waals surface area contributed by atoms with Gasteiger partial charge >= 0.3 is 6.03 Å². The van der Waals surface area contributed by atoms with Crippen molar-refractivity contribution in [1.82, 2.24) is 4.90 Å². The van der Waals surface area contributed by atoms with E-state index in [1.165, 1.54) is 25.5 Å². The number of anilines is 2. The molecule has 2 aromatic rings. The van der Waals surface area contributed by atoms with Crippen LogP contribution in [0.25, 0.3) is 0 Å². The molecule has 5 heteroatoms. The highest BCUT2D eigenvalue weighted by Crippen LogP contribution is 2.47. The molecule has 4 nitrogen and oxygen atoms in total. The second kappa shape index (κ2) is 6.89. The minimum absolute atomic E-state index is 0.133. The molecule has 5 rings (SSSR count). The van der Waals surface area contributed by atoms with Crippen LogP contribution in [0.15, 0.2) is 48.5 Å². The van der Waals surface area contributed by atoms with Crippen LogP contribution in [0.4, 0.5) is 20.6 Å². The van der Waals surface area contributed by atoms with Crippen molar-refractivity contribution < 1.29 is 9.18 Å². The maximum atomic E-state index is 14.1. The summed E-state index contributed by atoms with van der Waals surface area (Å²) >= 11 is 0. The van der Waals surface area contributed by atoms with Gasteiger partial charge in [-0.1, -0.05) is 18.2 Å². The van der Waals surface area contributed by atoms with E-state index in [0.29, 0.717) is 6.54 Å². The molecule has 146 valence electrons. The molecule has 3 aliphatic rings. The Kier molecular flexibility index (Phi) is 4.35. The Morgan fingerprint density at radius 3 is 2.57 bits per heavy atom. The van der Waals surface area contributed by atoms with Crippen LogP contribution in [0.1, 0.15) is 31.2 Å². The molecule has 0 aromatic heterocycles. The van der Waals surface area contributed by atoms with E-state index >= 15 is 0 Å². The molecule has 1 N–H and O–H groups in total. The van der Waals surface area contributed by atoms with Crippen molar-refractivity contribution in [2.24, 2.45) is 5.92 Å². The number of hydrogen-bond acceptors (Lipinski definition) is 2. The molecule has 2 aliphatic heterocycles. The van der Waals surface area contributed by atoms with Crippen LogP contribution < -0.4 is 10.2 Å². The van der Waals surface area contributed by atoms with Gasteiger partial charge in [0, 0.05) is 29.9 Å². The van der Waals surface area contributed by atoms with Gasteiger partial charge in [0.25, 0.3) is 0 Å². The third-order valence-electron chi connectivity index (χ3n) is 6.58. The average molecular weight is 379 g/mol. The van der Waals surface area contributed by atoms with E-state index in [0.717, 1.165) is 48.8 Å². The predicted octanol–water partition coefficient (Wildman–Crippen LogP) is 4.62. The highest BCUT2D eigenvalue weighted by molar-refractivity contribution is 6.03. The van der Waals surface area contributed by atoms with Crippen LogP contribution in [0.5, 0.6) is 0 Å². The third-order valence-corrected chi connectivity index (χ3v) is 6.58. The molecule has 0 unspecified atom stereocenters. The molecule has 1 spiro atoms. The first-order valence-electron chi connectivity index (χ1n) is 10.3. The standard InChI is InChI=1S/C23H26FN3O/c24-18-8-9-21-20(14-18)23(10-12-26(13-11-23)15-17-6-7-17)16-27(21)22(28)25-19-4-2-1-3-5-19/h1-5,8-9,14,17H,6-7,10-13,15-16H2,(H,25,28). The predicted molar refractivity (Wildman–Crippen MR) is 109 cm³/mol. The second-order valence-corrected chi connectivity index (χ2v) is 8.57. The highest BCUT2D eigenvalue weighted by Gasteiger charge is 2.47. The maximum Gasteiger partial charge on any atom is 0.326 e. The molecule has 0 bridgehead atoms. The van der Waals surface area contributed by atoms with Gasteiger partial charge in [0.2, 0.25) is 0 Å². The number of hydrogen-bond donors (Lipinski definition) is 1. The minimum Gasteiger partial charge on any atom is -0.308 e. The van der Waals surface area contributed by atoms with E-state index < -0.39 is 0 Å². The Bertz CT molecular complexity index is 873. The van der Waals surface area contributed by atoms with Crippen LogP contribution >= 0.6 is 0 Å². The molecular formula is C23H26FN3O. The smallest absolute Gasteiger partial charge is 0.308 e. The lowest BCUT2D eigenvalue weighted by atomic mass is 9.74. The number of nitrogens with one attached hydrogen (secondary N) is 1. The summed E-state index contributed by atoms with van der Waals surface area (Å²) in [5.74, 6) is 0.666. The molecule has 1 aliphatic carbocycles. The summed E-state index contributed by atoms with van der Waals surface area (Å²) in [5, 5.41) is 2.99. The van der Waals surface area contributed by atoms with E-state index in [9.17, 15) is 9.18 Å². The number of urea groups is 1. The van der Waals surface area contributed by atoms with Crippen molar-refractivity contribution in [2.75, 3.05) is 36.4 Å². The molecule has 2 heterocycles. The molecule has 1 saturated carbocycles. The molecular weight excluding hydrogens is 353 g/mol.